The molecule has 2 heteroatoms. The fourth-order valence-electron chi connectivity index (χ4n) is 4.88. The van der Waals surface area contributed by atoms with Crippen LogP contribution in [0.25, 0.3) is 30.6 Å². The average molecular weight is 463 g/mol. The minimum atomic E-state index is 1.20. The van der Waals surface area contributed by atoms with Crippen molar-refractivity contribution < 1.29 is 0 Å². The molecule has 0 saturated carbocycles. The molecule has 0 bridgehead atoms. The maximum atomic E-state index is 2.54. The van der Waals surface area contributed by atoms with Gasteiger partial charge in [-0.2, -0.15) is 0 Å². The van der Waals surface area contributed by atoms with Crippen LogP contribution in [0.2, 0.25) is 0 Å². The molecule has 0 unspecified atom stereocenters. The minimum absolute atomic E-state index is 1.20. The van der Waals surface area contributed by atoms with Gasteiger partial charge < -0.3 is 0 Å². The molecule has 2 aromatic carbocycles. The second kappa shape index (κ2) is 11.0. The lowest BCUT2D eigenvalue weighted by Gasteiger charge is -2.16. The molecular weight excluding hydrogens is 424 g/mol. The SMILES string of the molecule is CCCCCCc1cc(-c2ccc3c(c2)sc2cc(C)sc23)c(CCCCCC)cc1C. The van der Waals surface area contributed by atoms with Gasteiger partial charge in [0.05, 0.1) is 4.70 Å². The molecule has 0 spiro atoms. The number of unbranched alkanes of at least 4 members (excludes halogenated alkanes) is 6. The topological polar surface area (TPSA) is 0 Å². The van der Waals surface area contributed by atoms with E-state index in [1.54, 1.807) is 11.1 Å². The molecule has 0 nitrogen and oxygen atoms in total. The Kier molecular flexibility index (Phi) is 8.07. The Hall–Kier alpha value is -1.64. The maximum Gasteiger partial charge on any atom is 0.0532 e. The third-order valence-corrected chi connectivity index (χ3v) is 9.05. The van der Waals surface area contributed by atoms with Gasteiger partial charge in [0.15, 0.2) is 0 Å². The van der Waals surface area contributed by atoms with Crippen LogP contribution in [0.5, 0.6) is 0 Å². The fourth-order valence-corrected chi connectivity index (χ4v) is 7.35. The molecule has 0 N–H and O–H groups in total. The van der Waals surface area contributed by atoms with Crippen molar-refractivity contribution in [3.8, 4) is 11.1 Å². The lowest BCUT2D eigenvalue weighted by molar-refractivity contribution is 0.662. The molecular formula is C30H38S2. The van der Waals surface area contributed by atoms with Crippen LogP contribution in [0.15, 0.2) is 36.4 Å². The first-order chi connectivity index (χ1) is 15.6. The van der Waals surface area contributed by atoms with E-state index in [0.29, 0.717) is 0 Å². The predicted octanol–water partition coefficient (Wildman–Crippen LogP) is 10.6. The number of aryl methyl sites for hydroxylation is 4. The Morgan fingerprint density at radius 1 is 0.656 bits per heavy atom. The molecule has 170 valence electrons. The molecule has 4 aromatic rings. The zero-order valence-corrected chi connectivity index (χ0v) is 22.0. The van der Waals surface area contributed by atoms with Gasteiger partial charge in [0.1, 0.15) is 0 Å². The van der Waals surface area contributed by atoms with E-state index in [9.17, 15) is 0 Å². The van der Waals surface area contributed by atoms with E-state index in [1.807, 2.05) is 22.7 Å². The van der Waals surface area contributed by atoms with Crippen molar-refractivity contribution in [1.82, 2.24) is 0 Å². The first kappa shape index (κ1) is 23.5. The van der Waals surface area contributed by atoms with Crippen molar-refractivity contribution in [2.75, 3.05) is 0 Å². The number of thiophene rings is 2. The third kappa shape index (κ3) is 5.29. The quantitative estimate of drug-likeness (QED) is 0.194. The lowest BCUT2D eigenvalue weighted by atomic mass is 9.89. The minimum Gasteiger partial charge on any atom is -0.139 e. The molecule has 0 fully saturated rings. The number of hydrogen-bond acceptors (Lipinski definition) is 2. The third-order valence-electron chi connectivity index (χ3n) is 6.74. The predicted molar refractivity (Wildman–Crippen MR) is 148 cm³/mol. The normalized spacial score (nSPS) is 11.8. The van der Waals surface area contributed by atoms with Crippen LogP contribution in [0.4, 0.5) is 0 Å². The summed E-state index contributed by atoms with van der Waals surface area (Å²) in [5.74, 6) is 0. The zero-order valence-electron chi connectivity index (χ0n) is 20.4. The molecule has 0 saturated heterocycles. The van der Waals surface area contributed by atoms with Gasteiger partial charge in [-0.15, -0.1) is 22.7 Å². The van der Waals surface area contributed by atoms with E-state index < -0.39 is 0 Å². The molecule has 2 aromatic heterocycles. The van der Waals surface area contributed by atoms with Gasteiger partial charge in [-0.1, -0.05) is 76.6 Å². The van der Waals surface area contributed by atoms with Crippen molar-refractivity contribution in [1.29, 1.82) is 0 Å². The molecule has 0 amide bonds. The van der Waals surface area contributed by atoms with Crippen LogP contribution >= 0.6 is 22.7 Å². The Labute approximate surface area is 202 Å². The van der Waals surface area contributed by atoms with E-state index in [4.69, 9.17) is 0 Å². The van der Waals surface area contributed by atoms with Gasteiger partial charge in [0.25, 0.3) is 0 Å². The second-order valence-corrected chi connectivity index (χ2v) is 11.8. The molecule has 0 aliphatic rings. The van der Waals surface area contributed by atoms with Crippen molar-refractivity contribution in [2.45, 2.75) is 91.9 Å². The summed E-state index contributed by atoms with van der Waals surface area (Å²) >= 11 is 3.90. The summed E-state index contributed by atoms with van der Waals surface area (Å²) in [5.41, 5.74) is 7.47. The molecule has 32 heavy (non-hydrogen) atoms. The van der Waals surface area contributed by atoms with Crippen LogP contribution in [0.3, 0.4) is 0 Å². The van der Waals surface area contributed by atoms with Crippen LogP contribution in [-0.2, 0) is 12.8 Å². The molecule has 2 heterocycles. The monoisotopic (exact) mass is 462 g/mol. The smallest absolute Gasteiger partial charge is 0.0532 e. The summed E-state index contributed by atoms with van der Waals surface area (Å²) in [4.78, 5) is 1.41. The largest absolute Gasteiger partial charge is 0.139 e. The number of fused-ring (bicyclic) bond motifs is 3. The summed E-state index contributed by atoms with van der Waals surface area (Å²) in [6, 6.07) is 14.6. The van der Waals surface area contributed by atoms with E-state index in [-0.39, 0.29) is 0 Å². The number of rotatable bonds is 11. The summed E-state index contributed by atoms with van der Waals surface area (Å²) in [5, 5.41) is 1.43. The van der Waals surface area contributed by atoms with Crippen molar-refractivity contribution >= 4 is 42.2 Å². The van der Waals surface area contributed by atoms with Gasteiger partial charge in [-0.25, -0.2) is 0 Å². The summed E-state index contributed by atoms with van der Waals surface area (Å²) in [6.07, 6.45) is 13.0. The molecule has 4 rings (SSSR count). The van der Waals surface area contributed by atoms with Crippen LogP contribution in [-0.4, -0.2) is 0 Å². The van der Waals surface area contributed by atoms with E-state index in [0.717, 1.165) is 0 Å². The highest BCUT2D eigenvalue weighted by molar-refractivity contribution is 7.32. The number of benzene rings is 2. The second-order valence-electron chi connectivity index (χ2n) is 9.42. The van der Waals surface area contributed by atoms with Gasteiger partial charge in [0.2, 0.25) is 0 Å². The maximum absolute atomic E-state index is 2.54. The Morgan fingerprint density at radius 3 is 2.09 bits per heavy atom. The van der Waals surface area contributed by atoms with Gasteiger partial charge in [-0.05, 0) is 79.5 Å². The Balaban J connectivity index is 1.69. The standard InChI is InChI=1S/C30H38S2/c1-5-7-9-11-13-23-19-27(24(17-21(23)3)14-12-10-8-6-2)25-15-16-26-28(20-25)32-29-18-22(4)31-30(26)29/h15-20H,5-14H2,1-4H3. The lowest BCUT2D eigenvalue weighted by Crippen LogP contribution is -1.98. The molecule has 0 atom stereocenters. The molecule has 0 radical (unpaired) electrons. The summed E-state index contributed by atoms with van der Waals surface area (Å²) < 4.78 is 4.35. The summed E-state index contributed by atoms with van der Waals surface area (Å²) in [6.45, 7) is 9.14. The van der Waals surface area contributed by atoms with E-state index in [2.05, 4.69) is 64.1 Å². The number of hydrogen-bond donors (Lipinski definition) is 0. The van der Waals surface area contributed by atoms with E-state index >= 15 is 0 Å². The Morgan fingerprint density at radius 2 is 1.38 bits per heavy atom. The first-order valence-electron chi connectivity index (χ1n) is 12.7. The first-order valence-corrected chi connectivity index (χ1v) is 14.3. The zero-order chi connectivity index (χ0) is 22.5. The van der Waals surface area contributed by atoms with Gasteiger partial charge in [-0.3, -0.25) is 0 Å². The Bertz CT molecular complexity index is 1170. The summed E-state index contributed by atoms with van der Waals surface area (Å²) in [7, 11) is 0. The van der Waals surface area contributed by atoms with Crippen LogP contribution in [0.1, 0.15) is 86.8 Å². The van der Waals surface area contributed by atoms with Crippen LogP contribution < -0.4 is 0 Å². The highest BCUT2D eigenvalue weighted by atomic mass is 32.1. The van der Waals surface area contributed by atoms with E-state index in [1.165, 1.54) is 105 Å². The fraction of sp³-hybridized carbons (Fsp3) is 0.467. The highest BCUT2D eigenvalue weighted by Crippen LogP contribution is 2.41. The highest BCUT2D eigenvalue weighted by Gasteiger charge is 2.13. The molecule has 0 aliphatic carbocycles. The van der Waals surface area contributed by atoms with Crippen molar-refractivity contribution in [2.24, 2.45) is 0 Å². The average Bonchev–Trinajstić information content (AvgIpc) is 3.30. The van der Waals surface area contributed by atoms with Crippen molar-refractivity contribution in [3.05, 3.63) is 58.0 Å². The van der Waals surface area contributed by atoms with Crippen molar-refractivity contribution in [3.63, 3.8) is 0 Å². The van der Waals surface area contributed by atoms with Gasteiger partial charge >= 0.3 is 0 Å². The molecule has 0 aliphatic heterocycles. The van der Waals surface area contributed by atoms with Gasteiger partial charge in [0, 0.05) is 19.7 Å². The van der Waals surface area contributed by atoms with Crippen LogP contribution in [0, 0.1) is 13.8 Å².